The van der Waals surface area contributed by atoms with E-state index in [1.807, 2.05) is 0 Å². The third-order valence-corrected chi connectivity index (χ3v) is 4.65. The zero-order valence-electron chi connectivity index (χ0n) is 12.5. The monoisotopic (exact) mass is 338 g/mol. The number of hydrogen-bond donors (Lipinski definition) is 1. The van der Waals surface area contributed by atoms with Gasteiger partial charge in [0.2, 0.25) is 0 Å². The van der Waals surface area contributed by atoms with Crippen molar-refractivity contribution >= 4 is 5.97 Å². The average Bonchev–Trinajstić information content (AvgIpc) is 2.71. The maximum Gasteiger partial charge on any atom is 0.417 e. The summed E-state index contributed by atoms with van der Waals surface area (Å²) in [5, 5.41) is 9.22. The molecule has 3 nitrogen and oxygen atoms in total. The molecule has 23 heavy (non-hydrogen) atoms. The molecule has 1 saturated heterocycles. The summed E-state index contributed by atoms with van der Waals surface area (Å²) in [6.45, 7) is 3.16. The van der Waals surface area contributed by atoms with Gasteiger partial charge in [0.05, 0.1) is 0 Å². The third kappa shape index (κ3) is 2.58. The predicted molar refractivity (Wildman–Crippen MR) is 70.0 cm³/mol. The fourth-order valence-corrected chi connectivity index (χ4v) is 3.04. The van der Waals surface area contributed by atoms with Gasteiger partial charge in [0.25, 0.3) is 0 Å². The van der Waals surface area contributed by atoms with Crippen LogP contribution < -0.4 is 0 Å². The number of rotatable bonds is 2. The molecule has 4 atom stereocenters. The van der Waals surface area contributed by atoms with Crippen LogP contribution in [0.2, 0.25) is 0 Å². The molecule has 128 valence electrons. The maximum atomic E-state index is 13.7. The summed E-state index contributed by atoms with van der Waals surface area (Å²) >= 11 is 0. The molecule has 0 bridgehead atoms. The summed E-state index contributed by atoms with van der Waals surface area (Å²) in [5.41, 5.74) is -2.92. The number of hydrogen-bond acceptors (Lipinski definition) is 2. The minimum Gasteiger partial charge on any atom is -0.479 e. The van der Waals surface area contributed by atoms with Gasteiger partial charge >= 0.3 is 12.1 Å². The van der Waals surface area contributed by atoms with Gasteiger partial charge in [0.15, 0.2) is 23.3 Å². The summed E-state index contributed by atoms with van der Waals surface area (Å²) in [4.78, 5) is 11.3. The number of aliphatic carboxylic acids is 1. The molecule has 1 fully saturated rings. The van der Waals surface area contributed by atoms with Gasteiger partial charge in [-0.15, -0.1) is 0 Å². The Balaban J connectivity index is 2.60. The van der Waals surface area contributed by atoms with Gasteiger partial charge in [-0.1, -0.05) is 13.0 Å². The highest BCUT2D eigenvalue weighted by molar-refractivity contribution is 5.75. The topological polar surface area (TPSA) is 46.5 Å². The fraction of sp³-hybridized carbons (Fsp3) is 0.533. The Morgan fingerprint density at radius 1 is 1.30 bits per heavy atom. The van der Waals surface area contributed by atoms with E-state index in [4.69, 9.17) is 4.74 Å². The van der Waals surface area contributed by atoms with E-state index in [2.05, 4.69) is 0 Å². The third-order valence-electron chi connectivity index (χ3n) is 4.65. The molecule has 8 heteroatoms. The van der Waals surface area contributed by atoms with E-state index in [0.29, 0.717) is 0 Å². The summed E-state index contributed by atoms with van der Waals surface area (Å²) < 4.78 is 71.8. The van der Waals surface area contributed by atoms with Crippen molar-refractivity contribution in [3.63, 3.8) is 0 Å². The number of halogens is 5. The van der Waals surface area contributed by atoms with E-state index in [0.717, 1.165) is 19.1 Å². The molecule has 0 aromatic heterocycles. The molecule has 0 saturated carbocycles. The first-order valence-corrected chi connectivity index (χ1v) is 6.83. The normalized spacial score (nSPS) is 31.4. The van der Waals surface area contributed by atoms with Crippen molar-refractivity contribution in [1.29, 1.82) is 0 Å². The van der Waals surface area contributed by atoms with Gasteiger partial charge < -0.3 is 9.84 Å². The second-order valence-corrected chi connectivity index (χ2v) is 5.87. The Morgan fingerprint density at radius 2 is 1.87 bits per heavy atom. The summed E-state index contributed by atoms with van der Waals surface area (Å²) in [6, 6.07) is 1.88. The first-order chi connectivity index (χ1) is 10.4. The highest BCUT2D eigenvalue weighted by atomic mass is 19.4. The van der Waals surface area contributed by atoms with Crippen molar-refractivity contribution in [3.8, 4) is 0 Å². The van der Waals surface area contributed by atoms with E-state index < -0.39 is 47.3 Å². The Labute approximate surface area is 129 Å². The van der Waals surface area contributed by atoms with Crippen LogP contribution in [0.15, 0.2) is 12.1 Å². The first-order valence-electron chi connectivity index (χ1n) is 6.83. The van der Waals surface area contributed by atoms with Crippen molar-refractivity contribution in [2.75, 3.05) is 0 Å². The van der Waals surface area contributed by atoms with Crippen molar-refractivity contribution in [2.45, 2.75) is 44.6 Å². The Kier molecular flexibility index (Phi) is 4.17. The lowest BCUT2D eigenvalue weighted by Crippen LogP contribution is -2.47. The molecule has 0 amide bonds. The van der Waals surface area contributed by atoms with E-state index in [-0.39, 0.29) is 11.1 Å². The van der Waals surface area contributed by atoms with Crippen LogP contribution in [0, 0.1) is 24.5 Å². The molecule has 0 aliphatic carbocycles. The largest absolute Gasteiger partial charge is 0.479 e. The molecule has 1 heterocycles. The average molecular weight is 338 g/mol. The van der Waals surface area contributed by atoms with Crippen LogP contribution in [0.3, 0.4) is 0 Å². The predicted octanol–water partition coefficient (Wildman–Crippen LogP) is 3.80. The van der Waals surface area contributed by atoms with Crippen molar-refractivity contribution in [2.24, 2.45) is 5.92 Å². The van der Waals surface area contributed by atoms with Crippen LogP contribution in [0.25, 0.3) is 0 Å². The molecule has 0 spiro atoms. The zero-order chi connectivity index (χ0) is 17.7. The number of ether oxygens (including phenoxy) is 1. The highest BCUT2D eigenvalue weighted by Crippen LogP contribution is 2.53. The van der Waals surface area contributed by atoms with Crippen molar-refractivity contribution < 1.29 is 36.6 Å². The number of carboxylic acids is 1. The van der Waals surface area contributed by atoms with Gasteiger partial charge in [0.1, 0.15) is 0 Å². The van der Waals surface area contributed by atoms with Gasteiger partial charge in [0, 0.05) is 11.8 Å². The van der Waals surface area contributed by atoms with Gasteiger partial charge in [-0.05, 0) is 31.0 Å². The molecule has 0 radical (unpaired) electrons. The summed E-state index contributed by atoms with van der Waals surface area (Å²) in [7, 11) is 0. The van der Waals surface area contributed by atoms with E-state index in [1.165, 1.54) is 13.8 Å². The quantitative estimate of drug-likeness (QED) is 0.835. The minimum atomic E-state index is -4.80. The lowest BCUT2D eigenvalue weighted by Gasteiger charge is -2.32. The van der Waals surface area contributed by atoms with E-state index >= 15 is 0 Å². The van der Waals surface area contributed by atoms with Crippen LogP contribution in [0.1, 0.15) is 30.9 Å². The van der Waals surface area contributed by atoms with E-state index in [9.17, 15) is 31.9 Å². The summed E-state index contributed by atoms with van der Waals surface area (Å²) in [5.74, 6) is -6.50. The first kappa shape index (κ1) is 17.7. The molecule has 1 aliphatic rings. The molecule has 1 aliphatic heterocycles. The standard InChI is InChI=1S/C15H15F5O3/c1-6-8(4-5-9(16)11(6)17)10-7(2)14(3,15(18,19)20)23-12(10)13(21)22/h4-5,7,10,12H,1-3H3,(H,21,22)/t7-,10-,12+,14+/m0/s1. The number of benzene rings is 1. The molecular weight excluding hydrogens is 323 g/mol. The van der Waals surface area contributed by atoms with Crippen molar-refractivity contribution in [1.82, 2.24) is 0 Å². The van der Waals surface area contributed by atoms with Gasteiger partial charge in [-0.25, -0.2) is 13.6 Å². The van der Waals surface area contributed by atoms with Crippen molar-refractivity contribution in [3.05, 3.63) is 34.9 Å². The molecule has 1 aromatic rings. The molecule has 2 rings (SSSR count). The Hall–Kier alpha value is -1.70. The van der Waals surface area contributed by atoms with Crippen LogP contribution in [-0.2, 0) is 9.53 Å². The number of carbonyl (C=O) groups is 1. The van der Waals surface area contributed by atoms with Crippen LogP contribution in [-0.4, -0.2) is 29.0 Å². The van der Waals surface area contributed by atoms with Gasteiger partial charge in [-0.3, -0.25) is 0 Å². The Bertz CT molecular complexity index is 643. The Morgan fingerprint density at radius 3 is 2.35 bits per heavy atom. The second kappa shape index (κ2) is 5.43. The lowest BCUT2D eigenvalue weighted by atomic mass is 9.76. The highest BCUT2D eigenvalue weighted by Gasteiger charge is 2.65. The van der Waals surface area contributed by atoms with Crippen LogP contribution in [0.5, 0.6) is 0 Å². The van der Waals surface area contributed by atoms with E-state index in [1.54, 1.807) is 0 Å². The molecule has 1 aromatic carbocycles. The van der Waals surface area contributed by atoms with Gasteiger partial charge in [-0.2, -0.15) is 13.2 Å². The lowest BCUT2D eigenvalue weighted by molar-refractivity contribution is -0.273. The second-order valence-electron chi connectivity index (χ2n) is 5.87. The number of carboxylic acid groups (broad SMARTS) is 1. The molecule has 0 unspecified atom stereocenters. The molecular formula is C15H15F5O3. The fourth-order valence-electron chi connectivity index (χ4n) is 3.04. The SMILES string of the molecule is Cc1c([C@H]2[C@H](C(=O)O)O[C@@](C)(C(F)(F)F)[C@H]2C)ccc(F)c1F. The molecule has 1 N–H and O–H groups in total. The maximum absolute atomic E-state index is 13.7. The zero-order valence-corrected chi connectivity index (χ0v) is 12.5. The van der Waals surface area contributed by atoms with Crippen LogP contribution >= 0.6 is 0 Å². The van der Waals surface area contributed by atoms with Crippen LogP contribution in [0.4, 0.5) is 22.0 Å². The smallest absolute Gasteiger partial charge is 0.417 e. The minimum absolute atomic E-state index is 0.00299. The number of alkyl halides is 3. The summed E-state index contributed by atoms with van der Waals surface area (Å²) in [6.07, 6.45) is -6.61.